The van der Waals surface area contributed by atoms with Crippen LogP contribution in [0.2, 0.25) is 0 Å². The molecule has 0 bridgehead atoms. The lowest BCUT2D eigenvalue weighted by atomic mass is 10.0. The summed E-state index contributed by atoms with van der Waals surface area (Å²) in [6, 6.07) is 73.9. The van der Waals surface area contributed by atoms with Gasteiger partial charge in [0.25, 0.3) is 0 Å². The highest BCUT2D eigenvalue weighted by atomic mass is 15.0. The summed E-state index contributed by atoms with van der Waals surface area (Å²) in [5, 5.41) is 8.24. The number of rotatable bonds is 5. The molecule has 0 radical (unpaired) electrons. The average Bonchev–Trinajstić information content (AvgIpc) is 3.81. The van der Waals surface area contributed by atoms with Crippen molar-refractivity contribution in [1.29, 1.82) is 0 Å². The number of para-hydroxylation sites is 3. The van der Waals surface area contributed by atoms with E-state index in [4.69, 9.17) is 9.97 Å². The Morgan fingerprint density at radius 1 is 0.293 bits per heavy atom. The van der Waals surface area contributed by atoms with Crippen LogP contribution in [0.4, 0.5) is 0 Å². The van der Waals surface area contributed by atoms with E-state index in [-0.39, 0.29) is 0 Å². The fourth-order valence-electron chi connectivity index (χ4n) is 9.03. The fourth-order valence-corrected chi connectivity index (χ4v) is 9.03. The standard InChI is InChI=1S/C54H34N4/c1-3-15-36(16-4-1)54-55-52(46-30-26-35-14-7-8-21-42(35)53(46)56-54)39-17-13-20-41(32-39)58-48-24-11-9-22-43(48)45-29-27-38(34-51(45)58)37-28-31-50-47(33-37)44-23-10-12-25-49(44)57(50)40-18-5-2-6-19-40/h1-34H. The Morgan fingerprint density at radius 3 is 1.67 bits per heavy atom. The van der Waals surface area contributed by atoms with Crippen LogP contribution in [0.5, 0.6) is 0 Å². The van der Waals surface area contributed by atoms with Crippen LogP contribution in [0.3, 0.4) is 0 Å². The number of benzene rings is 9. The molecule has 4 nitrogen and oxygen atoms in total. The molecule has 0 aliphatic carbocycles. The van der Waals surface area contributed by atoms with Gasteiger partial charge in [0.1, 0.15) is 0 Å². The number of hydrogen-bond acceptors (Lipinski definition) is 2. The van der Waals surface area contributed by atoms with E-state index in [0.717, 1.165) is 66.7 Å². The van der Waals surface area contributed by atoms with Crippen LogP contribution in [-0.4, -0.2) is 19.1 Å². The van der Waals surface area contributed by atoms with E-state index in [0.29, 0.717) is 0 Å². The molecule has 0 saturated heterocycles. The number of hydrogen-bond donors (Lipinski definition) is 0. The Hall–Kier alpha value is -7.82. The van der Waals surface area contributed by atoms with Crippen molar-refractivity contribution < 1.29 is 0 Å². The second-order valence-electron chi connectivity index (χ2n) is 15.0. The van der Waals surface area contributed by atoms with Gasteiger partial charge in [-0.3, -0.25) is 0 Å². The lowest BCUT2D eigenvalue weighted by Crippen LogP contribution is -1.98. The number of nitrogens with zero attached hydrogens (tertiary/aromatic N) is 4. The van der Waals surface area contributed by atoms with Gasteiger partial charge in [-0.25, -0.2) is 9.97 Å². The van der Waals surface area contributed by atoms with Crippen molar-refractivity contribution in [3.05, 3.63) is 206 Å². The molecule has 0 fully saturated rings. The molecule has 12 aromatic rings. The molecule has 58 heavy (non-hydrogen) atoms. The summed E-state index contributed by atoms with van der Waals surface area (Å²) in [7, 11) is 0. The molecule has 0 spiro atoms. The zero-order valence-electron chi connectivity index (χ0n) is 31.4. The predicted molar refractivity (Wildman–Crippen MR) is 242 cm³/mol. The molecule has 3 heterocycles. The molecule has 270 valence electrons. The van der Waals surface area contributed by atoms with E-state index < -0.39 is 0 Å². The van der Waals surface area contributed by atoms with E-state index in [2.05, 4.69) is 197 Å². The van der Waals surface area contributed by atoms with E-state index >= 15 is 0 Å². The molecular weight excluding hydrogens is 705 g/mol. The minimum atomic E-state index is 0.718. The first-order valence-electron chi connectivity index (χ1n) is 19.7. The van der Waals surface area contributed by atoms with Crippen LogP contribution in [-0.2, 0) is 0 Å². The summed E-state index contributed by atoms with van der Waals surface area (Å²) in [6.07, 6.45) is 0. The zero-order valence-corrected chi connectivity index (χ0v) is 31.4. The van der Waals surface area contributed by atoms with Crippen LogP contribution < -0.4 is 0 Å². The summed E-state index contributed by atoms with van der Waals surface area (Å²) >= 11 is 0. The summed E-state index contributed by atoms with van der Waals surface area (Å²) in [6.45, 7) is 0. The lowest BCUT2D eigenvalue weighted by Gasteiger charge is -2.14. The van der Waals surface area contributed by atoms with Crippen molar-refractivity contribution in [1.82, 2.24) is 19.1 Å². The summed E-state index contributed by atoms with van der Waals surface area (Å²) in [4.78, 5) is 10.5. The minimum absolute atomic E-state index is 0.718. The van der Waals surface area contributed by atoms with Crippen molar-refractivity contribution >= 4 is 65.3 Å². The van der Waals surface area contributed by atoms with Crippen molar-refractivity contribution in [2.75, 3.05) is 0 Å². The normalized spacial score (nSPS) is 11.8. The van der Waals surface area contributed by atoms with Crippen LogP contribution in [0, 0.1) is 0 Å². The van der Waals surface area contributed by atoms with E-state index in [1.54, 1.807) is 0 Å². The molecule has 4 heteroatoms. The first-order valence-corrected chi connectivity index (χ1v) is 19.7. The van der Waals surface area contributed by atoms with Crippen LogP contribution in [0.15, 0.2) is 206 Å². The largest absolute Gasteiger partial charge is 0.309 e. The van der Waals surface area contributed by atoms with Crippen molar-refractivity contribution in [2.24, 2.45) is 0 Å². The van der Waals surface area contributed by atoms with Gasteiger partial charge in [-0.2, -0.15) is 0 Å². The maximum absolute atomic E-state index is 5.29. The molecule has 0 saturated carbocycles. The van der Waals surface area contributed by atoms with Gasteiger partial charge in [0, 0.05) is 54.8 Å². The van der Waals surface area contributed by atoms with Gasteiger partial charge in [-0.05, 0) is 77.2 Å². The molecule has 12 rings (SSSR count). The summed E-state index contributed by atoms with van der Waals surface area (Å²) in [5.41, 5.74) is 13.2. The van der Waals surface area contributed by atoms with Gasteiger partial charge in [-0.1, -0.05) is 146 Å². The second kappa shape index (κ2) is 12.9. The quantitative estimate of drug-likeness (QED) is 0.165. The van der Waals surface area contributed by atoms with Crippen LogP contribution in [0.25, 0.3) is 110 Å². The molecule has 9 aromatic carbocycles. The van der Waals surface area contributed by atoms with Gasteiger partial charge in [0.2, 0.25) is 0 Å². The highest BCUT2D eigenvalue weighted by molar-refractivity contribution is 6.13. The van der Waals surface area contributed by atoms with Gasteiger partial charge in [-0.15, -0.1) is 0 Å². The third-order valence-corrected chi connectivity index (χ3v) is 11.7. The smallest absolute Gasteiger partial charge is 0.160 e. The Labute approximate surface area is 334 Å². The van der Waals surface area contributed by atoms with Gasteiger partial charge < -0.3 is 9.13 Å². The first-order chi connectivity index (χ1) is 28.8. The maximum atomic E-state index is 5.29. The fraction of sp³-hybridized carbons (Fsp3) is 0. The SMILES string of the molecule is c1ccc(-c2nc(-c3cccc(-n4c5ccccc5c5ccc(-c6ccc7c(c6)c6ccccc6n7-c6ccccc6)cc54)c3)c3ccc4ccccc4c3n2)cc1. The van der Waals surface area contributed by atoms with Crippen molar-refractivity contribution in [3.8, 4) is 45.1 Å². The summed E-state index contributed by atoms with van der Waals surface area (Å²) < 4.78 is 4.78. The Kier molecular flexibility index (Phi) is 7.20. The Bertz CT molecular complexity index is 3560. The molecule has 0 aliphatic rings. The average molecular weight is 739 g/mol. The minimum Gasteiger partial charge on any atom is -0.309 e. The third-order valence-electron chi connectivity index (χ3n) is 11.7. The molecule has 3 aromatic heterocycles. The third kappa shape index (κ3) is 5.02. The van der Waals surface area contributed by atoms with Gasteiger partial charge in [0.05, 0.1) is 33.3 Å². The second-order valence-corrected chi connectivity index (χ2v) is 15.0. The van der Waals surface area contributed by atoms with Gasteiger partial charge >= 0.3 is 0 Å². The molecule has 0 aliphatic heterocycles. The van der Waals surface area contributed by atoms with E-state index in [9.17, 15) is 0 Å². The Balaban J connectivity index is 1.05. The van der Waals surface area contributed by atoms with E-state index in [1.807, 2.05) is 18.2 Å². The monoisotopic (exact) mass is 738 g/mol. The predicted octanol–water partition coefficient (Wildman–Crippen LogP) is 14.0. The first kappa shape index (κ1) is 32.4. The van der Waals surface area contributed by atoms with Crippen molar-refractivity contribution in [2.45, 2.75) is 0 Å². The maximum Gasteiger partial charge on any atom is 0.160 e. The zero-order chi connectivity index (χ0) is 38.2. The van der Waals surface area contributed by atoms with E-state index in [1.165, 1.54) is 43.7 Å². The molecule has 0 N–H and O–H groups in total. The Morgan fingerprint density at radius 2 is 0.862 bits per heavy atom. The molecule has 0 unspecified atom stereocenters. The van der Waals surface area contributed by atoms with Crippen molar-refractivity contribution in [3.63, 3.8) is 0 Å². The topological polar surface area (TPSA) is 35.6 Å². The lowest BCUT2D eigenvalue weighted by molar-refractivity contribution is 1.18. The number of aromatic nitrogens is 4. The van der Waals surface area contributed by atoms with Crippen LogP contribution >= 0.6 is 0 Å². The number of fused-ring (bicyclic) bond motifs is 9. The molecular formula is C54H34N4. The summed E-state index contributed by atoms with van der Waals surface area (Å²) in [5.74, 6) is 0.718. The van der Waals surface area contributed by atoms with Gasteiger partial charge in [0.15, 0.2) is 5.82 Å². The molecule has 0 amide bonds. The highest BCUT2D eigenvalue weighted by Crippen LogP contribution is 2.40. The highest BCUT2D eigenvalue weighted by Gasteiger charge is 2.18. The van der Waals surface area contributed by atoms with Crippen LogP contribution in [0.1, 0.15) is 0 Å². The molecule has 0 atom stereocenters.